The molecule has 0 atom stereocenters. The van der Waals surface area contributed by atoms with Crippen LogP contribution in [0.15, 0.2) is 30.9 Å². The van der Waals surface area contributed by atoms with Crippen LogP contribution in [0, 0.1) is 6.92 Å². The molecule has 102 valence electrons. The molecule has 5 nitrogen and oxygen atoms in total. The summed E-state index contributed by atoms with van der Waals surface area (Å²) < 4.78 is 28.1. The van der Waals surface area contributed by atoms with Gasteiger partial charge in [-0.1, -0.05) is 0 Å². The number of carbonyl (C=O) groups excluding carboxylic acids is 1. The Morgan fingerprint density at radius 1 is 1.47 bits per heavy atom. The average molecular weight is 268 g/mol. The molecule has 2 aromatic heterocycles. The van der Waals surface area contributed by atoms with E-state index in [0.29, 0.717) is 23.4 Å². The van der Waals surface area contributed by atoms with Gasteiger partial charge in [0, 0.05) is 31.2 Å². The first kappa shape index (κ1) is 13.3. The third kappa shape index (κ3) is 2.98. The zero-order valence-corrected chi connectivity index (χ0v) is 10.4. The summed E-state index contributed by atoms with van der Waals surface area (Å²) >= 11 is 0. The van der Waals surface area contributed by atoms with Gasteiger partial charge in [0.15, 0.2) is 0 Å². The van der Waals surface area contributed by atoms with E-state index < -0.39 is 12.5 Å². The molecule has 0 spiro atoms. The van der Waals surface area contributed by atoms with Gasteiger partial charge in [-0.05, 0) is 19.1 Å². The molecular formula is C12H14F2N4O. The molecule has 0 aliphatic carbocycles. The van der Waals surface area contributed by atoms with Crippen molar-refractivity contribution in [1.82, 2.24) is 19.4 Å². The lowest BCUT2D eigenvalue weighted by Gasteiger charge is -2.10. The second kappa shape index (κ2) is 5.64. The third-order valence-corrected chi connectivity index (χ3v) is 2.76. The lowest BCUT2D eigenvalue weighted by molar-refractivity contribution is 0.0617. The number of aromatic nitrogens is 3. The summed E-state index contributed by atoms with van der Waals surface area (Å²) in [5.41, 5.74) is 0.327. The Balaban J connectivity index is 1.96. The van der Waals surface area contributed by atoms with Crippen molar-refractivity contribution in [2.24, 2.45) is 0 Å². The average Bonchev–Trinajstić information content (AvgIpc) is 2.97. The van der Waals surface area contributed by atoms with Crippen molar-refractivity contribution in [2.75, 3.05) is 6.54 Å². The highest BCUT2D eigenvalue weighted by Crippen LogP contribution is 2.18. The first-order chi connectivity index (χ1) is 9.09. The SMILES string of the molecule is Cc1ccc(C(=O)NCCn2ccnc2)n1C(F)F. The molecule has 0 bridgehead atoms. The van der Waals surface area contributed by atoms with Crippen molar-refractivity contribution in [1.29, 1.82) is 0 Å². The van der Waals surface area contributed by atoms with Crippen molar-refractivity contribution < 1.29 is 13.6 Å². The van der Waals surface area contributed by atoms with Crippen LogP contribution in [0.25, 0.3) is 0 Å². The van der Waals surface area contributed by atoms with E-state index in [1.165, 1.54) is 19.1 Å². The number of carbonyl (C=O) groups is 1. The lowest BCUT2D eigenvalue weighted by Crippen LogP contribution is -2.29. The van der Waals surface area contributed by atoms with E-state index in [-0.39, 0.29) is 5.69 Å². The molecule has 0 saturated carbocycles. The van der Waals surface area contributed by atoms with Crippen LogP contribution in [0.4, 0.5) is 8.78 Å². The molecule has 2 aromatic rings. The third-order valence-electron chi connectivity index (χ3n) is 2.76. The minimum atomic E-state index is -2.72. The number of hydrogen-bond donors (Lipinski definition) is 1. The highest BCUT2D eigenvalue weighted by atomic mass is 19.3. The Bertz CT molecular complexity index is 548. The van der Waals surface area contributed by atoms with Crippen molar-refractivity contribution in [2.45, 2.75) is 20.0 Å². The number of amides is 1. The van der Waals surface area contributed by atoms with Gasteiger partial charge in [-0.3, -0.25) is 9.36 Å². The Morgan fingerprint density at radius 2 is 2.26 bits per heavy atom. The maximum atomic E-state index is 12.8. The molecule has 0 aliphatic rings. The molecule has 7 heteroatoms. The Morgan fingerprint density at radius 3 is 2.89 bits per heavy atom. The molecule has 0 aromatic carbocycles. The Kier molecular flexibility index (Phi) is 3.94. The van der Waals surface area contributed by atoms with E-state index in [1.807, 2.05) is 0 Å². The predicted octanol–water partition coefficient (Wildman–Crippen LogP) is 1.82. The standard InChI is InChI=1S/C12H14F2N4O/c1-9-2-3-10(18(9)12(13)14)11(19)16-5-7-17-6-4-15-8-17/h2-4,6,8,12H,5,7H2,1H3,(H,16,19). The molecule has 0 saturated heterocycles. The van der Waals surface area contributed by atoms with Crippen LogP contribution < -0.4 is 5.32 Å². The maximum absolute atomic E-state index is 12.8. The van der Waals surface area contributed by atoms with E-state index >= 15 is 0 Å². The first-order valence-electron chi connectivity index (χ1n) is 5.79. The number of alkyl halides is 2. The Labute approximate surface area is 108 Å². The summed E-state index contributed by atoms with van der Waals surface area (Å²) in [6.07, 6.45) is 5.02. The molecule has 0 unspecified atom stereocenters. The predicted molar refractivity (Wildman–Crippen MR) is 65.0 cm³/mol. The summed E-state index contributed by atoms with van der Waals surface area (Å²) in [4.78, 5) is 15.7. The number of nitrogens with zero attached hydrogens (tertiary/aromatic N) is 3. The summed E-state index contributed by atoms with van der Waals surface area (Å²) in [7, 11) is 0. The topological polar surface area (TPSA) is 51.9 Å². The van der Waals surface area contributed by atoms with Gasteiger partial charge in [0.1, 0.15) is 5.69 Å². The summed E-state index contributed by atoms with van der Waals surface area (Å²) in [6.45, 7) is -0.290. The van der Waals surface area contributed by atoms with Crippen molar-refractivity contribution in [3.63, 3.8) is 0 Å². The smallest absolute Gasteiger partial charge is 0.319 e. The normalized spacial score (nSPS) is 10.9. The maximum Gasteiger partial charge on any atom is 0.319 e. The van der Waals surface area contributed by atoms with Crippen LogP contribution in [0.1, 0.15) is 22.7 Å². The fourth-order valence-corrected chi connectivity index (χ4v) is 1.80. The zero-order valence-electron chi connectivity index (χ0n) is 10.4. The molecule has 0 aliphatic heterocycles. The number of aryl methyl sites for hydroxylation is 1. The molecule has 19 heavy (non-hydrogen) atoms. The van der Waals surface area contributed by atoms with Crippen LogP contribution in [0.5, 0.6) is 0 Å². The Hall–Kier alpha value is -2.18. The minimum Gasteiger partial charge on any atom is -0.349 e. The van der Waals surface area contributed by atoms with E-state index in [1.54, 1.807) is 23.3 Å². The van der Waals surface area contributed by atoms with Gasteiger partial charge in [-0.25, -0.2) is 4.98 Å². The fourth-order valence-electron chi connectivity index (χ4n) is 1.80. The van der Waals surface area contributed by atoms with Crippen molar-refractivity contribution >= 4 is 5.91 Å². The monoisotopic (exact) mass is 268 g/mol. The van der Waals surface area contributed by atoms with E-state index in [4.69, 9.17) is 0 Å². The number of hydrogen-bond acceptors (Lipinski definition) is 2. The highest BCUT2D eigenvalue weighted by molar-refractivity contribution is 5.92. The number of imidazole rings is 1. The molecular weight excluding hydrogens is 254 g/mol. The molecule has 0 fully saturated rings. The minimum absolute atomic E-state index is 0.0295. The zero-order chi connectivity index (χ0) is 13.8. The van der Waals surface area contributed by atoms with Crippen molar-refractivity contribution in [3.05, 3.63) is 42.2 Å². The van der Waals surface area contributed by atoms with E-state index in [9.17, 15) is 13.6 Å². The largest absolute Gasteiger partial charge is 0.349 e. The second-order valence-electron chi connectivity index (χ2n) is 4.06. The van der Waals surface area contributed by atoms with Gasteiger partial charge < -0.3 is 9.88 Å². The van der Waals surface area contributed by atoms with Crippen LogP contribution in [-0.2, 0) is 6.54 Å². The van der Waals surface area contributed by atoms with E-state index in [0.717, 1.165) is 0 Å². The van der Waals surface area contributed by atoms with Gasteiger partial charge in [-0.15, -0.1) is 0 Å². The quantitative estimate of drug-likeness (QED) is 0.899. The van der Waals surface area contributed by atoms with Crippen LogP contribution in [-0.4, -0.2) is 26.6 Å². The summed E-state index contributed by atoms with van der Waals surface area (Å²) in [5, 5.41) is 2.60. The molecule has 1 amide bonds. The van der Waals surface area contributed by atoms with Gasteiger partial charge in [-0.2, -0.15) is 8.78 Å². The second-order valence-corrected chi connectivity index (χ2v) is 4.06. The van der Waals surface area contributed by atoms with Gasteiger partial charge in [0.05, 0.1) is 6.33 Å². The lowest BCUT2D eigenvalue weighted by atomic mass is 10.4. The number of halogens is 2. The highest BCUT2D eigenvalue weighted by Gasteiger charge is 2.18. The van der Waals surface area contributed by atoms with Gasteiger partial charge in [0.25, 0.3) is 5.91 Å². The first-order valence-corrected chi connectivity index (χ1v) is 5.79. The van der Waals surface area contributed by atoms with Crippen LogP contribution >= 0.6 is 0 Å². The molecule has 1 N–H and O–H groups in total. The number of rotatable bonds is 5. The fraction of sp³-hybridized carbons (Fsp3) is 0.333. The van der Waals surface area contributed by atoms with Crippen LogP contribution in [0.3, 0.4) is 0 Å². The molecule has 0 radical (unpaired) electrons. The van der Waals surface area contributed by atoms with E-state index in [2.05, 4.69) is 10.3 Å². The summed E-state index contributed by atoms with van der Waals surface area (Å²) in [6, 6.07) is 2.89. The van der Waals surface area contributed by atoms with Crippen LogP contribution in [0.2, 0.25) is 0 Å². The van der Waals surface area contributed by atoms with Gasteiger partial charge in [0.2, 0.25) is 0 Å². The number of nitrogens with one attached hydrogen (secondary N) is 1. The van der Waals surface area contributed by atoms with Gasteiger partial charge >= 0.3 is 6.55 Å². The molecule has 2 heterocycles. The van der Waals surface area contributed by atoms with Crippen molar-refractivity contribution in [3.8, 4) is 0 Å². The molecule has 2 rings (SSSR count). The summed E-state index contributed by atoms with van der Waals surface area (Å²) in [5.74, 6) is -0.506.